The third kappa shape index (κ3) is 5.32. The van der Waals surface area contributed by atoms with Crippen molar-refractivity contribution in [2.24, 2.45) is 5.92 Å². The first-order valence-electron chi connectivity index (χ1n) is 7.97. The molecule has 0 spiro atoms. The van der Waals surface area contributed by atoms with Crippen LogP contribution in [0.2, 0.25) is 0 Å². The summed E-state index contributed by atoms with van der Waals surface area (Å²) in [7, 11) is 1.05. The molecule has 1 saturated heterocycles. The molecule has 1 aromatic rings. The average molecular weight is 338 g/mol. The molecular formula is C17H26N2O3S. The standard InChI is InChI=1S/C17H26N2O3S/c1-13-4-6-15(7-5-13)16(19(2)3)11-18-17(20)10-14-8-9-23(21,22)12-14/h4-7,14,16H,8-12H2,1-3H3,(H,18,20)/t14-,16-/m1/s1. The van der Waals surface area contributed by atoms with Crippen LogP contribution in [0.15, 0.2) is 24.3 Å². The van der Waals surface area contributed by atoms with Crippen LogP contribution in [0.25, 0.3) is 0 Å². The molecule has 0 bridgehead atoms. The Hall–Kier alpha value is -1.40. The van der Waals surface area contributed by atoms with E-state index in [1.54, 1.807) is 0 Å². The molecule has 128 valence electrons. The smallest absolute Gasteiger partial charge is 0.220 e. The summed E-state index contributed by atoms with van der Waals surface area (Å²) in [5.74, 6) is 0.271. The third-order valence-electron chi connectivity index (χ3n) is 4.38. The first-order chi connectivity index (χ1) is 10.8. The normalized spacial score (nSPS) is 21.3. The molecule has 1 aromatic carbocycles. The van der Waals surface area contributed by atoms with E-state index in [-0.39, 0.29) is 29.4 Å². The number of rotatable bonds is 6. The Morgan fingerprint density at radius 2 is 1.96 bits per heavy atom. The molecule has 0 unspecified atom stereocenters. The van der Waals surface area contributed by atoms with E-state index in [1.807, 2.05) is 21.0 Å². The lowest BCUT2D eigenvalue weighted by Gasteiger charge is -2.25. The molecular weight excluding hydrogens is 312 g/mol. The van der Waals surface area contributed by atoms with E-state index < -0.39 is 9.84 Å². The predicted octanol–water partition coefficient (Wildman–Crippen LogP) is 1.54. The molecule has 2 atom stereocenters. The van der Waals surface area contributed by atoms with E-state index in [0.29, 0.717) is 19.4 Å². The largest absolute Gasteiger partial charge is 0.354 e. The summed E-state index contributed by atoms with van der Waals surface area (Å²) >= 11 is 0. The molecule has 23 heavy (non-hydrogen) atoms. The molecule has 2 rings (SSSR count). The number of nitrogens with one attached hydrogen (secondary N) is 1. The van der Waals surface area contributed by atoms with Gasteiger partial charge in [-0.1, -0.05) is 29.8 Å². The van der Waals surface area contributed by atoms with Gasteiger partial charge < -0.3 is 10.2 Å². The molecule has 1 aliphatic heterocycles. The molecule has 1 fully saturated rings. The molecule has 1 aliphatic rings. The molecule has 5 nitrogen and oxygen atoms in total. The van der Waals surface area contributed by atoms with Crippen LogP contribution in [0.5, 0.6) is 0 Å². The van der Waals surface area contributed by atoms with Crippen molar-refractivity contribution < 1.29 is 13.2 Å². The summed E-state index contributed by atoms with van der Waals surface area (Å²) in [4.78, 5) is 14.2. The third-order valence-corrected chi connectivity index (χ3v) is 6.22. The molecule has 0 aromatic heterocycles. The Labute approximate surface area is 139 Å². The minimum Gasteiger partial charge on any atom is -0.354 e. The van der Waals surface area contributed by atoms with Gasteiger partial charge in [-0.15, -0.1) is 0 Å². The second kappa shape index (κ2) is 7.45. The Balaban J connectivity index is 1.89. The summed E-state index contributed by atoms with van der Waals surface area (Å²) in [6.07, 6.45) is 0.901. The van der Waals surface area contributed by atoms with Crippen LogP contribution in [-0.4, -0.2) is 51.4 Å². The van der Waals surface area contributed by atoms with Crippen LogP contribution in [0.4, 0.5) is 0 Å². The lowest BCUT2D eigenvalue weighted by Crippen LogP contribution is -2.35. The van der Waals surface area contributed by atoms with Gasteiger partial charge in [-0.05, 0) is 38.9 Å². The van der Waals surface area contributed by atoms with Gasteiger partial charge in [0.2, 0.25) is 5.91 Å². The van der Waals surface area contributed by atoms with Gasteiger partial charge in [0.25, 0.3) is 0 Å². The van der Waals surface area contributed by atoms with Crippen LogP contribution in [0.1, 0.15) is 30.0 Å². The van der Waals surface area contributed by atoms with Crippen molar-refractivity contribution in [2.45, 2.75) is 25.8 Å². The van der Waals surface area contributed by atoms with Crippen molar-refractivity contribution in [3.05, 3.63) is 35.4 Å². The Kier molecular flexibility index (Phi) is 5.81. The number of benzene rings is 1. The quantitative estimate of drug-likeness (QED) is 0.854. The lowest BCUT2D eigenvalue weighted by molar-refractivity contribution is -0.122. The summed E-state index contributed by atoms with van der Waals surface area (Å²) < 4.78 is 22.9. The highest BCUT2D eigenvalue weighted by atomic mass is 32.2. The average Bonchev–Trinajstić information content (AvgIpc) is 2.79. The lowest BCUT2D eigenvalue weighted by atomic mass is 10.0. The number of carbonyl (C=O) groups is 1. The van der Waals surface area contributed by atoms with Crippen LogP contribution < -0.4 is 5.32 Å². The van der Waals surface area contributed by atoms with Gasteiger partial charge in [0.1, 0.15) is 0 Å². The van der Waals surface area contributed by atoms with E-state index in [9.17, 15) is 13.2 Å². The molecule has 1 N–H and O–H groups in total. The highest BCUT2D eigenvalue weighted by molar-refractivity contribution is 7.91. The Bertz CT molecular complexity index is 638. The molecule has 0 radical (unpaired) electrons. The SMILES string of the molecule is Cc1ccc([C@@H](CNC(=O)C[C@H]2CCS(=O)(=O)C2)N(C)C)cc1. The van der Waals surface area contributed by atoms with Crippen molar-refractivity contribution in [1.29, 1.82) is 0 Å². The number of nitrogens with zero attached hydrogens (tertiary/aromatic N) is 1. The molecule has 1 heterocycles. The highest BCUT2D eigenvalue weighted by Gasteiger charge is 2.29. The van der Waals surface area contributed by atoms with E-state index in [2.05, 4.69) is 34.5 Å². The summed E-state index contributed by atoms with van der Waals surface area (Å²) in [6.45, 7) is 2.57. The number of hydrogen-bond donors (Lipinski definition) is 1. The summed E-state index contributed by atoms with van der Waals surface area (Å²) in [5, 5.41) is 2.96. The number of aryl methyl sites for hydroxylation is 1. The monoisotopic (exact) mass is 338 g/mol. The van der Waals surface area contributed by atoms with Gasteiger partial charge in [-0.3, -0.25) is 4.79 Å². The second-order valence-corrected chi connectivity index (χ2v) is 8.90. The van der Waals surface area contributed by atoms with Gasteiger partial charge in [-0.2, -0.15) is 0 Å². The number of hydrogen-bond acceptors (Lipinski definition) is 4. The molecule has 0 saturated carbocycles. The minimum absolute atomic E-state index is 0.0304. The maximum Gasteiger partial charge on any atom is 0.220 e. The van der Waals surface area contributed by atoms with E-state index in [4.69, 9.17) is 0 Å². The van der Waals surface area contributed by atoms with Crippen LogP contribution in [-0.2, 0) is 14.6 Å². The number of amides is 1. The number of carbonyl (C=O) groups excluding carboxylic acids is 1. The topological polar surface area (TPSA) is 66.5 Å². The Morgan fingerprint density at radius 3 is 2.48 bits per heavy atom. The minimum atomic E-state index is -2.92. The van der Waals surface area contributed by atoms with Crippen LogP contribution in [0, 0.1) is 12.8 Å². The van der Waals surface area contributed by atoms with E-state index in [0.717, 1.165) is 5.56 Å². The maximum absolute atomic E-state index is 12.1. The van der Waals surface area contributed by atoms with E-state index >= 15 is 0 Å². The van der Waals surface area contributed by atoms with Crippen LogP contribution in [0.3, 0.4) is 0 Å². The zero-order valence-corrected chi connectivity index (χ0v) is 14.9. The fourth-order valence-corrected chi connectivity index (χ4v) is 4.83. The fourth-order valence-electron chi connectivity index (χ4n) is 2.97. The Morgan fingerprint density at radius 1 is 1.30 bits per heavy atom. The first kappa shape index (κ1) is 17.9. The summed E-state index contributed by atoms with van der Waals surface area (Å²) in [5.41, 5.74) is 2.36. The molecule has 0 aliphatic carbocycles. The second-order valence-electron chi connectivity index (χ2n) is 6.67. The van der Waals surface area contributed by atoms with Crippen molar-refractivity contribution in [3.63, 3.8) is 0 Å². The number of sulfone groups is 1. The van der Waals surface area contributed by atoms with Gasteiger partial charge >= 0.3 is 0 Å². The maximum atomic E-state index is 12.1. The van der Waals surface area contributed by atoms with Crippen molar-refractivity contribution >= 4 is 15.7 Å². The summed E-state index contributed by atoms with van der Waals surface area (Å²) in [6, 6.07) is 8.39. The zero-order valence-electron chi connectivity index (χ0n) is 14.1. The first-order valence-corrected chi connectivity index (χ1v) is 9.79. The van der Waals surface area contributed by atoms with Crippen molar-refractivity contribution in [3.8, 4) is 0 Å². The predicted molar refractivity (Wildman–Crippen MR) is 92.0 cm³/mol. The number of likely N-dealkylation sites (N-methyl/N-ethyl adjacent to an activating group) is 1. The van der Waals surface area contributed by atoms with Gasteiger partial charge in [0.05, 0.1) is 17.5 Å². The molecule has 1 amide bonds. The fraction of sp³-hybridized carbons (Fsp3) is 0.588. The molecule has 6 heteroatoms. The zero-order chi connectivity index (χ0) is 17.0. The van der Waals surface area contributed by atoms with Crippen molar-refractivity contribution in [2.75, 3.05) is 32.1 Å². The van der Waals surface area contributed by atoms with Gasteiger partial charge in [0.15, 0.2) is 9.84 Å². The van der Waals surface area contributed by atoms with E-state index in [1.165, 1.54) is 5.56 Å². The highest BCUT2D eigenvalue weighted by Crippen LogP contribution is 2.22. The van der Waals surface area contributed by atoms with Crippen molar-refractivity contribution in [1.82, 2.24) is 10.2 Å². The van der Waals surface area contributed by atoms with Crippen LogP contribution >= 0.6 is 0 Å². The van der Waals surface area contributed by atoms with Gasteiger partial charge in [-0.25, -0.2) is 8.42 Å². The van der Waals surface area contributed by atoms with Gasteiger partial charge in [0, 0.05) is 13.0 Å².